The highest BCUT2D eigenvalue weighted by Gasteiger charge is 2.10. The number of hydrogen-bond donors (Lipinski definition) is 0. The first-order chi connectivity index (χ1) is 8.22. The number of nitrogens with zero attached hydrogens (tertiary/aromatic N) is 1. The van der Waals surface area contributed by atoms with Gasteiger partial charge in [0.1, 0.15) is 5.75 Å². The molecule has 0 saturated heterocycles. The van der Waals surface area contributed by atoms with E-state index >= 15 is 0 Å². The van der Waals surface area contributed by atoms with Gasteiger partial charge in [0.25, 0.3) is 5.69 Å². The van der Waals surface area contributed by atoms with E-state index in [1.807, 2.05) is 24.3 Å². The van der Waals surface area contributed by atoms with Crippen LogP contribution in [-0.4, -0.2) is 12.0 Å². The molecule has 2 rings (SSSR count). The van der Waals surface area contributed by atoms with E-state index in [0.29, 0.717) is 11.3 Å². The molecule has 0 bridgehead atoms. The summed E-state index contributed by atoms with van der Waals surface area (Å²) in [7, 11) is 1.57. The number of non-ortho nitro benzene ring substituents is 1. The summed E-state index contributed by atoms with van der Waals surface area (Å²) in [5.41, 5.74) is 1.49. The van der Waals surface area contributed by atoms with Gasteiger partial charge in [-0.2, -0.15) is 0 Å². The van der Waals surface area contributed by atoms with Crippen molar-refractivity contribution in [2.24, 2.45) is 0 Å². The first kappa shape index (κ1) is 11.1. The Morgan fingerprint density at radius 1 is 1.29 bits per heavy atom. The molecular formula is C13H10NO3. The van der Waals surface area contributed by atoms with Gasteiger partial charge in [0.05, 0.1) is 12.0 Å². The van der Waals surface area contributed by atoms with E-state index in [4.69, 9.17) is 4.74 Å². The summed E-state index contributed by atoms with van der Waals surface area (Å²) in [6.45, 7) is 0. The molecule has 4 nitrogen and oxygen atoms in total. The summed E-state index contributed by atoms with van der Waals surface area (Å²) >= 11 is 0. The fourth-order valence-electron chi connectivity index (χ4n) is 1.59. The molecule has 0 aliphatic rings. The lowest BCUT2D eigenvalue weighted by Crippen LogP contribution is -1.90. The van der Waals surface area contributed by atoms with Gasteiger partial charge >= 0.3 is 0 Å². The van der Waals surface area contributed by atoms with Crippen LogP contribution in [0.5, 0.6) is 5.75 Å². The maximum absolute atomic E-state index is 10.7. The maximum Gasteiger partial charge on any atom is 0.270 e. The van der Waals surface area contributed by atoms with Gasteiger partial charge in [-0.25, -0.2) is 0 Å². The Kier molecular flexibility index (Phi) is 3.05. The van der Waals surface area contributed by atoms with Gasteiger partial charge in [0, 0.05) is 23.3 Å². The zero-order valence-electron chi connectivity index (χ0n) is 9.21. The van der Waals surface area contributed by atoms with E-state index in [2.05, 4.69) is 6.07 Å². The highest BCUT2D eigenvalue weighted by atomic mass is 16.6. The maximum atomic E-state index is 10.7. The number of ether oxygens (including phenoxy) is 1. The molecule has 85 valence electrons. The summed E-state index contributed by atoms with van der Waals surface area (Å²) < 4.78 is 5.21. The van der Waals surface area contributed by atoms with Gasteiger partial charge in [-0.05, 0) is 18.2 Å². The molecule has 4 heteroatoms. The minimum absolute atomic E-state index is 0.0460. The predicted molar refractivity (Wildman–Crippen MR) is 63.9 cm³/mol. The summed E-state index contributed by atoms with van der Waals surface area (Å²) in [5.74, 6) is 0.671. The minimum atomic E-state index is -0.424. The number of para-hydroxylation sites is 1. The summed E-state index contributed by atoms with van der Waals surface area (Å²) in [4.78, 5) is 10.3. The molecule has 0 aliphatic heterocycles. The Morgan fingerprint density at radius 2 is 2.06 bits per heavy atom. The molecule has 2 aromatic rings. The van der Waals surface area contributed by atoms with Crippen molar-refractivity contribution in [3.05, 3.63) is 58.6 Å². The van der Waals surface area contributed by atoms with E-state index in [1.165, 1.54) is 12.1 Å². The molecule has 0 aromatic heterocycles. The zero-order valence-corrected chi connectivity index (χ0v) is 9.21. The number of nitro groups is 1. The van der Waals surface area contributed by atoms with Crippen molar-refractivity contribution in [1.29, 1.82) is 0 Å². The van der Waals surface area contributed by atoms with Crippen molar-refractivity contribution < 1.29 is 9.66 Å². The minimum Gasteiger partial charge on any atom is -0.496 e. The number of benzene rings is 2. The van der Waals surface area contributed by atoms with Crippen LogP contribution in [0.25, 0.3) is 11.1 Å². The largest absolute Gasteiger partial charge is 0.496 e. The molecule has 0 fully saturated rings. The molecule has 0 atom stereocenters. The van der Waals surface area contributed by atoms with Crippen LogP contribution in [-0.2, 0) is 0 Å². The molecule has 0 heterocycles. The smallest absolute Gasteiger partial charge is 0.270 e. The average molecular weight is 228 g/mol. The topological polar surface area (TPSA) is 52.4 Å². The van der Waals surface area contributed by atoms with Crippen molar-refractivity contribution in [1.82, 2.24) is 0 Å². The van der Waals surface area contributed by atoms with Gasteiger partial charge in [-0.15, -0.1) is 0 Å². The normalized spacial score (nSPS) is 9.94. The van der Waals surface area contributed by atoms with Crippen LogP contribution in [0.2, 0.25) is 0 Å². The molecule has 17 heavy (non-hydrogen) atoms. The number of methoxy groups -OCH3 is 1. The second kappa shape index (κ2) is 4.65. The van der Waals surface area contributed by atoms with Gasteiger partial charge in [0.15, 0.2) is 0 Å². The predicted octanol–water partition coefficient (Wildman–Crippen LogP) is 3.07. The molecule has 0 saturated carbocycles. The van der Waals surface area contributed by atoms with Crippen LogP contribution in [0.1, 0.15) is 0 Å². The lowest BCUT2D eigenvalue weighted by molar-refractivity contribution is -0.384. The molecular weight excluding hydrogens is 218 g/mol. The van der Waals surface area contributed by atoms with Crippen molar-refractivity contribution in [2.75, 3.05) is 7.11 Å². The summed E-state index contributed by atoms with van der Waals surface area (Å²) in [5, 5.41) is 10.7. The molecule has 0 aliphatic carbocycles. The van der Waals surface area contributed by atoms with Crippen molar-refractivity contribution in [3.8, 4) is 16.9 Å². The van der Waals surface area contributed by atoms with Crippen LogP contribution in [0.4, 0.5) is 5.69 Å². The van der Waals surface area contributed by atoms with Gasteiger partial charge < -0.3 is 4.74 Å². The molecule has 0 N–H and O–H groups in total. The second-order valence-corrected chi connectivity index (χ2v) is 3.42. The quantitative estimate of drug-likeness (QED) is 0.599. The highest BCUT2D eigenvalue weighted by molar-refractivity contribution is 5.71. The SMILES string of the molecule is COc1ccccc1-c1[c]ccc([N+](=O)[O-])c1. The van der Waals surface area contributed by atoms with Gasteiger partial charge in [0.2, 0.25) is 0 Å². The number of nitro benzene ring substituents is 1. The third-order valence-electron chi connectivity index (χ3n) is 2.39. The number of hydrogen-bond acceptors (Lipinski definition) is 3. The van der Waals surface area contributed by atoms with Crippen LogP contribution < -0.4 is 4.74 Å². The molecule has 1 radical (unpaired) electrons. The van der Waals surface area contributed by atoms with Crippen LogP contribution >= 0.6 is 0 Å². The van der Waals surface area contributed by atoms with E-state index < -0.39 is 4.92 Å². The average Bonchev–Trinajstić information content (AvgIpc) is 2.39. The number of rotatable bonds is 3. The zero-order chi connectivity index (χ0) is 12.3. The third kappa shape index (κ3) is 2.25. The van der Waals surface area contributed by atoms with Gasteiger partial charge in [-0.3, -0.25) is 10.1 Å². The summed E-state index contributed by atoms with van der Waals surface area (Å²) in [6, 6.07) is 14.8. The van der Waals surface area contributed by atoms with Crippen molar-refractivity contribution in [3.63, 3.8) is 0 Å². The van der Waals surface area contributed by atoms with Crippen molar-refractivity contribution in [2.45, 2.75) is 0 Å². The lowest BCUT2D eigenvalue weighted by Gasteiger charge is -2.07. The monoisotopic (exact) mass is 228 g/mol. The van der Waals surface area contributed by atoms with E-state index in [0.717, 1.165) is 5.56 Å². The second-order valence-electron chi connectivity index (χ2n) is 3.42. The lowest BCUT2D eigenvalue weighted by atomic mass is 10.0. The van der Waals surface area contributed by atoms with Crippen LogP contribution in [0.15, 0.2) is 42.5 Å². The van der Waals surface area contributed by atoms with Gasteiger partial charge in [-0.1, -0.05) is 18.2 Å². The standard InChI is InChI=1S/C13H10NO3/c1-17-13-8-3-2-7-12(13)10-5-4-6-11(9-10)14(15)16/h2-4,6-9H,1H3. The fourth-order valence-corrected chi connectivity index (χ4v) is 1.59. The molecule has 0 unspecified atom stereocenters. The van der Waals surface area contributed by atoms with E-state index in [1.54, 1.807) is 13.2 Å². The molecule has 0 spiro atoms. The first-order valence-electron chi connectivity index (χ1n) is 5.02. The van der Waals surface area contributed by atoms with E-state index in [9.17, 15) is 10.1 Å². The van der Waals surface area contributed by atoms with E-state index in [-0.39, 0.29) is 5.69 Å². The van der Waals surface area contributed by atoms with Crippen LogP contribution in [0, 0.1) is 16.2 Å². The third-order valence-corrected chi connectivity index (χ3v) is 2.39. The fraction of sp³-hybridized carbons (Fsp3) is 0.0769. The Hall–Kier alpha value is -2.36. The first-order valence-corrected chi connectivity index (χ1v) is 5.02. The Morgan fingerprint density at radius 3 is 2.76 bits per heavy atom. The Balaban J connectivity index is 2.52. The highest BCUT2D eigenvalue weighted by Crippen LogP contribution is 2.30. The summed E-state index contributed by atoms with van der Waals surface area (Å²) in [6.07, 6.45) is 0. The molecule has 0 amide bonds. The Labute approximate surface area is 98.6 Å². The van der Waals surface area contributed by atoms with Crippen molar-refractivity contribution >= 4 is 5.69 Å². The Bertz CT molecular complexity index is 552. The van der Waals surface area contributed by atoms with Crippen LogP contribution in [0.3, 0.4) is 0 Å². The molecule has 2 aromatic carbocycles.